The fraction of sp³-hybridized carbons (Fsp3) is 0.111. The van der Waals surface area contributed by atoms with Gasteiger partial charge in [-0.2, -0.15) is 0 Å². The Bertz CT molecular complexity index is 878. The molecule has 1 aliphatic heterocycles. The van der Waals surface area contributed by atoms with Crippen LogP contribution in [-0.4, -0.2) is 38.6 Å². The van der Waals surface area contributed by atoms with Gasteiger partial charge in [0, 0.05) is 18.9 Å². The van der Waals surface area contributed by atoms with Gasteiger partial charge >= 0.3 is 5.97 Å². The number of aromatic carboxylic acids is 1. The zero-order valence-electron chi connectivity index (χ0n) is 13.4. The lowest BCUT2D eigenvalue weighted by Gasteiger charge is -2.12. The molecule has 1 amide bonds. The third-order valence-electron chi connectivity index (χ3n) is 3.53. The minimum Gasteiger partial charge on any atom is -0.478 e. The number of benzene rings is 1. The molecule has 0 radical (unpaired) electrons. The summed E-state index contributed by atoms with van der Waals surface area (Å²) < 4.78 is 0. The van der Waals surface area contributed by atoms with Crippen molar-refractivity contribution < 1.29 is 14.7 Å². The number of carbonyl (C=O) groups is 2. The van der Waals surface area contributed by atoms with Gasteiger partial charge < -0.3 is 5.11 Å². The molecule has 1 aliphatic rings. The number of carboxylic acid groups (broad SMARTS) is 1. The summed E-state index contributed by atoms with van der Waals surface area (Å²) in [6.07, 6.45) is 5.13. The molecule has 1 N–H and O–H groups in total. The van der Waals surface area contributed by atoms with E-state index in [1.165, 1.54) is 23.9 Å². The maximum Gasteiger partial charge on any atom is 0.335 e. The van der Waals surface area contributed by atoms with Crippen molar-refractivity contribution in [2.45, 2.75) is 6.92 Å². The van der Waals surface area contributed by atoms with Crippen molar-refractivity contribution in [3.63, 3.8) is 0 Å². The van der Waals surface area contributed by atoms with Gasteiger partial charge in [0.2, 0.25) is 0 Å². The first kappa shape index (κ1) is 16.9. The second-order valence-electron chi connectivity index (χ2n) is 5.19. The molecule has 0 spiro atoms. The Kier molecular flexibility index (Phi) is 4.95. The lowest BCUT2D eigenvalue weighted by Crippen LogP contribution is -2.28. The SMILES string of the molecule is CCN1C(=O)/C(=C/c2ccncc2)SC1=Nc1cccc(C(=O)O)c1. The fourth-order valence-corrected chi connectivity index (χ4v) is 3.36. The number of thioether (sulfide) groups is 1. The number of carboxylic acids is 1. The van der Waals surface area contributed by atoms with Crippen LogP contribution in [-0.2, 0) is 4.79 Å². The second kappa shape index (κ2) is 7.31. The topological polar surface area (TPSA) is 82.9 Å². The molecule has 25 heavy (non-hydrogen) atoms. The fourth-order valence-electron chi connectivity index (χ4n) is 2.30. The standard InChI is InChI=1S/C18H15N3O3S/c1-2-21-16(22)15(10-12-6-8-19-9-7-12)25-18(21)20-14-5-3-4-13(11-14)17(23)24/h3-11H,2H2,1H3,(H,23,24)/b15-10-,20-18?. The highest BCUT2D eigenvalue weighted by molar-refractivity contribution is 8.18. The Morgan fingerprint density at radius 2 is 2.08 bits per heavy atom. The lowest BCUT2D eigenvalue weighted by atomic mass is 10.2. The molecule has 7 heteroatoms. The first-order chi connectivity index (χ1) is 12.1. The number of pyridine rings is 1. The Morgan fingerprint density at radius 1 is 1.32 bits per heavy atom. The minimum absolute atomic E-state index is 0.113. The number of likely N-dealkylation sites (N-methyl/N-ethyl adjacent to an activating group) is 1. The van der Waals surface area contributed by atoms with Crippen LogP contribution >= 0.6 is 11.8 Å². The average Bonchev–Trinajstić information content (AvgIpc) is 2.90. The molecule has 1 aromatic carbocycles. The summed E-state index contributed by atoms with van der Waals surface area (Å²) in [6, 6.07) is 9.98. The summed E-state index contributed by atoms with van der Waals surface area (Å²) in [6.45, 7) is 2.36. The summed E-state index contributed by atoms with van der Waals surface area (Å²) in [5.74, 6) is -1.12. The van der Waals surface area contributed by atoms with E-state index in [0.717, 1.165) is 5.56 Å². The Hall–Kier alpha value is -2.93. The van der Waals surface area contributed by atoms with Crippen molar-refractivity contribution in [1.29, 1.82) is 0 Å². The normalized spacial score (nSPS) is 17.5. The molecular weight excluding hydrogens is 338 g/mol. The molecule has 2 aromatic rings. The zero-order valence-corrected chi connectivity index (χ0v) is 14.2. The van der Waals surface area contributed by atoms with Crippen LogP contribution in [0.5, 0.6) is 0 Å². The van der Waals surface area contributed by atoms with Gasteiger partial charge in [0.05, 0.1) is 16.2 Å². The quantitative estimate of drug-likeness (QED) is 0.852. The van der Waals surface area contributed by atoms with Crippen LogP contribution in [0.15, 0.2) is 58.7 Å². The van der Waals surface area contributed by atoms with Gasteiger partial charge in [-0.1, -0.05) is 6.07 Å². The monoisotopic (exact) mass is 353 g/mol. The van der Waals surface area contributed by atoms with E-state index in [4.69, 9.17) is 5.11 Å². The largest absolute Gasteiger partial charge is 0.478 e. The number of hydrogen-bond acceptors (Lipinski definition) is 5. The van der Waals surface area contributed by atoms with Gasteiger partial charge in [0.15, 0.2) is 5.17 Å². The second-order valence-corrected chi connectivity index (χ2v) is 6.20. The van der Waals surface area contributed by atoms with E-state index in [9.17, 15) is 9.59 Å². The van der Waals surface area contributed by atoms with E-state index >= 15 is 0 Å². The van der Waals surface area contributed by atoms with E-state index in [1.54, 1.807) is 35.5 Å². The number of amides is 1. The van der Waals surface area contributed by atoms with Crippen molar-refractivity contribution in [2.24, 2.45) is 4.99 Å². The first-order valence-electron chi connectivity index (χ1n) is 7.62. The highest BCUT2D eigenvalue weighted by atomic mass is 32.2. The van der Waals surface area contributed by atoms with Crippen LogP contribution in [0.25, 0.3) is 6.08 Å². The Morgan fingerprint density at radius 3 is 2.76 bits per heavy atom. The van der Waals surface area contributed by atoms with Crippen molar-refractivity contribution in [3.8, 4) is 0 Å². The highest BCUT2D eigenvalue weighted by Gasteiger charge is 2.32. The molecule has 2 heterocycles. The van der Waals surface area contributed by atoms with Crippen molar-refractivity contribution >= 4 is 40.6 Å². The third kappa shape index (κ3) is 3.77. The Balaban J connectivity index is 1.94. The lowest BCUT2D eigenvalue weighted by molar-refractivity contribution is -0.122. The minimum atomic E-state index is -1.01. The summed E-state index contributed by atoms with van der Waals surface area (Å²) in [5.41, 5.74) is 1.54. The molecule has 0 bridgehead atoms. The third-order valence-corrected chi connectivity index (χ3v) is 4.53. The molecule has 0 unspecified atom stereocenters. The van der Waals surface area contributed by atoms with Crippen LogP contribution in [0, 0.1) is 0 Å². The summed E-state index contributed by atoms with van der Waals surface area (Å²) in [5, 5.41) is 9.62. The number of rotatable bonds is 4. The smallest absolute Gasteiger partial charge is 0.335 e. The van der Waals surface area contributed by atoms with Gasteiger partial charge in [-0.15, -0.1) is 0 Å². The first-order valence-corrected chi connectivity index (χ1v) is 8.43. The summed E-state index contributed by atoms with van der Waals surface area (Å²) in [4.78, 5) is 34.2. The molecule has 6 nitrogen and oxygen atoms in total. The predicted octanol–water partition coefficient (Wildman–Crippen LogP) is 3.40. The highest BCUT2D eigenvalue weighted by Crippen LogP contribution is 2.34. The predicted molar refractivity (Wildman–Crippen MR) is 97.7 cm³/mol. The Labute approximate surface area is 148 Å². The maximum absolute atomic E-state index is 12.6. The van der Waals surface area contributed by atoms with Crippen molar-refractivity contribution in [2.75, 3.05) is 6.54 Å². The number of hydrogen-bond donors (Lipinski definition) is 1. The van der Waals surface area contributed by atoms with Crippen LogP contribution < -0.4 is 0 Å². The average molecular weight is 353 g/mol. The molecule has 0 aliphatic carbocycles. The van der Waals surface area contributed by atoms with Crippen molar-refractivity contribution in [1.82, 2.24) is 9.88 Å². The molecule has 1 aromatic heterocycles. The number of amidine groups is 1. The zero-order chi connectivity index (χ0) is 17.8. The van der Waals surface area contributed by atoms with Crippen molar-refractivity contribution in [3.05, 3.63) is 64.8 Å². The number of aliphatic imine (C=N–C) groups is 1. The van der Waals surface area contributed by atoms with Crippen LogP contribution in [0.2, 0.25) is 0 Å². The van der Waals surface area contributed by atoms with Gasteiger partial charge in [-0.25, -0.2) is 9.79 Å². The molecule has 3 rings (SSSR count). The van der Waals surface area contributed by atoms with Crippen LogP contribution in [0.3, 0.4) is 0 Å². The van der Waals surface area contributed by atoms with E-state index in [2.05, 4.69) is 9.98 Å². The summed E-state index contributed by atoms with van der Waals surface area (Å²) >= 11 is 1.28. The van der Waals surface area contributed by atoms with E-state index < -0.39 is 5.97 Å². The molecule has 1 saturated heterocycles. The maximum atomic E-state index is 12.6. The molecule has 126 valence electrons. The molecule has 0 saturated carbocycles. The number of carbonyl (C=O) groups excluding carboxylic acids is 1. The summed E-state index contributed by atoms with van der Waals surface area (Å²) in [7, 11) is 0. The number of nitrogens with zero attached hydrogens (tertiary/aromatic N) is 3. The van der Waals surface area contributed by atoms with Gasteiger partial charge in [-0.3, -0.25) is 14.7 Å². The van der Waals surface area contributed by atoms with E-state index in [-0.39, 0.29) is 11.5 Å². The van der Waals surface area contributed by atoms with Crippen LogP contribution in [0.4, 0.5) is 5.69 Å². The number of aromatic nitrogens is 1. The molecular formula is C18H15N3O3S. The van der Waals surface area contributed by atoms with E-state index in [0.29, 0.717) is 22.3 Å². The van der Waals surface area contributed by atoms with Crippen LogP contribution in [0.1, 0.15) is 22.8 Å². The van der Waals surface area contributed by atoms with Gasteiger partial charge in [0.1, 0.15) is 0 Å². The van der Waals surface area contributed by atoms with Gasteiger partial charge in [0.25, 0.3) is 5.91 Å². The van der Waals surface area contributed by atoms with Gasteiger partial charge in [-0.05, 0) is 60.7 Å². The van der Waals surface area contributed by atoms with E-state index in [1.807, 2.05) is 19.1 Å². The molecule has 1 fully saturated rings. The molecule has 0 atom stereocenters.